The van der Waals surface area contributed by atoms with Gasteiger partial charge >= 0.3 is 6.36 Å². The van der Waals surface area contributed by atoms with Gasteiger partial charge in [-0.2, -0.15) is 0 Å². The van der Waals surface area contributed by atoms with Crippen molar-refractivity contribution in [3.8, 4) is 5.75 Å². The normalized spacial score (nSPS) is 11.4. The Morgan fingerprint density at radius 1 is 1.25 bits per heavy atom. The van der Waals surface area contributed by atoms with Crippen LogP contribution in [0.1, 0.15) is 17.3 Å². The van der Waals surface area contributed by atoms with Crippen LogP contribution >= 0.6 is 31.9 Å². The van der Waals surface area contributed by atoms with Crippen molar-refractivity contribution < 1.29 is 22.7 Å². The van der Waals surface area contributed by atoms with Gasteiger partial charge in [-0.25, -0.2) is 0 Å². The molecular weight excluding hydrogens is 357 g/mol. The Morgan fingerprint density at radius 2 is 1.69 bits per heavy atom. The van der Waals surface area contributed by atoms with Crippen molar-refractivity contribution in [1.29, 1.82) is 0 Å². The maximum Gasteiger partial charge on any atom is 0.573 e. The number of alkyl halides is 3. The lowest BCUT2D eigenvalue weighted by molar-refractivity contribution is -0.274. The van der Waals surface area contributed by atoms with E-state index in [0.29, 0.717) is 0 Å². The first-order chi connectivity index (χ1) is 7.20. The van der Waals surface area contributed by atoms with Gasteiger partial charge in [-0.15, -0.1) is 13.2 Å². The average molecular weight is 362 g/mol. The molecule has 0 aromatic heterocycles. The predicted octanol–water partition coefficient (Wildman–Crippen LogP) is 4.31. The monoisotopic (exact) mass is 360 g/mol. The van der Waals surface area contributed by atoms with Crippen molar-refractivity contribution in [2.24, 2.45) is 0 Å². The number of carbonyl (C=O) groups is 1. The summed E-state index contributed by atoms with van der Waals surface area (Å²) < 4.78 is 40.0. The summed E-state index contributed by atoms with van der Waals surface area (Å²) in [4.78, 5) is 11.2. The maximum atomic E-state index is 11.9. The Kier molecular flexibility index (Phi) is 4.01. The van der Waals surface area contributed by atoms with Gasteiger partial charge in [0.15, 0.2) is 5.78 Å². The van der Waals surface area contributed by atoms with Gasteiger partial charge in [0.2, 0.25) is 0 Å². The smallest absolute Gasteiger partial charge is 0.406 e. The first-order valence-corrected chi connectivity index (χ1v) is 5.55. The van der Waals surface area contributed by atoms with Crippen LogP contribution in [0.5, 0.6) is 5.75 Å². The highest BCUT2D eigenvalue weighted by Crippen LogP contribution is 2.33. The van der Waals surface area contributed by atoms with E-state index in [4.69, 9.17) is 0 Å². The fourth-order valence-electron chi connectivity index (χ4n) is 1.08. The molecular formula is C9H5Br2F3O2. The van der Waals surface area contributed by atoms with Gasteiger partial charge in [0, 0.05) is 14.5 Å². The van der Waals surface area contributed by atoms with Gasteiger partial charge in [-0.3, -0.25) is 4.79 Å². The van der Waals surface area contributed by atoms with Crippen LogP contribution in [0.4, 0.5) is 13.2 Å². The largest absolute Gasteiger partial charge is 0.573 e. The molecule has 0 N–H and O–H groups in total. The van der Waals surface area contributed by atoms with Gasteiger partial charge in [0.1, 0.15) is 5.75 Å². The molecule has 1 aromatic carbocycles. The van der Waals surface area contributed by atoms with Crippen molar-refractivity contribution >= 4 is 37.6 Å². The van der Waals surface area contributed by atoms with E-state index < -0.39 is 12.1 Å². The molecule has 2 nitrogen and oxygen atoms in total. The standard InChI is InChI=1S/C9H5Br2F3O2/c1-4(15)8-6(10)2-5(3-7(8)11)16-9(12,13)14/h2-3H,1H3. The highest BCUT2D eigenvalue weighted by Gasteiger charge is 2.31. The zero-order chi connectivity index (χ0) is 12.5. The van der Waals surface area contributed by atoms with E-state index >= 15 is 0 Å². The molecule has 0 radical (unpaired) electrons. The van der Waals surface area contributed by atoms with Gasteiger partial charge in [0.05, 0.1) is 0 Å². The van der Waals surface area contributed by atoms with E-state index in [1.807, 2.05) is 0 Å². The molecule has 0 spiro atoms. The second-order valence-corrected chi connectivity index (χ2v) is 4.57. The van der Waals surface area contributed by atoms with Crippen LogP contribution in [0.3, 0.4) is 0 Å². The zero-order valence-corrected chi connectivity index (χ0v) is 11.0. The number of halogens is 5. The SMILES string of the molecule is CC(=O)c1c(Br)cc(OC(F)(F)F)cc1Br. The molecule has 0 aliphatic heterocycles. The molecule has 0 fully saturated rings. The van der Waals surface area contributed by atoms with Crippen LogP contribution in [0.2, 0.25) is 0 Å². The number of Topliss-reactive ketones (excluding diaryl/α,β-unsaturated/α-hetero) is 1. The lowest BCUT2D eigenvalue weighted by Crippen LogP contribution is -2.17. The first kappa shape index (κ1) is 13.5. The van der Waals surface area contributed by atoms with Crippen LogP contribution in [0.15, 0.2) is 21.1 Å². The summed E-state index contributed by atoms with van der Waals surface area (Å²) in [6.45, 7) is 1.31. The molecule has 0 heterocycles. The predicted molar refractivity (Wildman–Crippen MR) is 58.5 cm³/mol. The highest BCUT2D eigenvalue weighted by atomic mass is 79.9. The van der Waals surface area contributed by atoms with Crippen molar-refractivity contribution in [3.05, 3.63) is 26.6 Å². The van der Waals surface area contributed by atoms with Gasteiger partial charge < -0.3 is 4.74 Å². The van der Waals surface area contributed by atoms with E-state index in [-0.39, 0.29) is 20.3 Å². The Hall–Kier alpha value is -0.560. The zero-order valence-electron chi connectivity index (χ0n) is 7.86. The molecule has 16 heavy (non-hydrogen) atoms. The van der Waals surface area contributed by atoms with Crippen molar-refractivity contribution in [3.63, 3.8) is 0 Å². The fourth-order valence-corrected chi connectivity index (χ4v) is 2.78. The third-order valence-electron chi connectivity index (χ3n) is 1.60. The Bertz CT molecular complexity index is 406. The number of benzene rings is 1. The molecule has 0 saturated heterocycles. The summed E-state index contributed by atoms with van der Waals surface area (Å²) in [6, 6.07) is 2.18. The number of carbonyl (C=O) groups excluding carboxylic acids is 1. The van der Waals surface area contributed by atoms with Crippen molar-refractivity contribution in [2.75, 3.05) is 0 Å². The van der Waals surface area contributed by atoms with Crippen LogP contribution in [-0.2, 0) is 0 Å². The fraction of sp³-hybridized carbons (Fsp3) is 0.222. The Labute approximate surface area is 106 Å². The average Bonchev–Trinajstić information content (AvgIpc) is 1.96. The molecule has 0 bridgehead atoms. The van der Waals surface area contributed by atoms with E-state index in [1.165, 1.54) is 6.92 Å². The summed E-state index contributed by atoms with van der Waals surface area (Å²) in [7, 11) is 0. The number of hydrogen-bond donors (Lipinski definition) is 0. The summed E-state index contributed by atoms with van der Waals surface area (Å²) in [5.74, 6) is -0.659. The topological polar surface area (TPSA) is 26.3 Å². The number of ether oxygens (including phenoxy) is 1. The molecule has 0 amide bonds. The number of rotatable bonds is 2. The maximum absolute atomic E-state index is 11.9. The van der Waals surface area contributed by atoms with Crippen LogP contribution in [0.25, 0.3) is 0 Å². The molecule has 0 unspecified atom stereocenters. The third kappa shape index (κ3) is 3.48. The molecule has 1 rings (SSSR count). The second-order valence-electron chi connectivity index (χ2n) is 2.87. The van der Waals surface area contributed by atoms with Crippen LogP contribution in [-0.4, -0.2) is 12.1 Å². The lowest BCUT2D eigenvalue weighted by Gasteiger charge is -2.11. The van der Waals surface area contributed by atoms with Crippen LogP contribution < -0.4 is 4.74 Å². The summed E-state index contributed by atoms with van der Waals surface area (Å²) in [6.07, 6.45) is -4.75. The van der Waals surface area contributed by atoms with E-state index in [2.05, 4.69) is 36.6 Å². The van der Waals surface area contributed by atoms with Crippen LogP contribution in [0, 0.1) is 0 Å². The number of hydrogen-bond acceptors (Lipinski definition) is 2. The lowest BCUT2D eigenvalue weighted by atomic mass is 10.1. The minimum atomic E-state index is -4.75. The third-order valence-corrected chi connectivity index (χ3v) is 2.85. The highest BCUT2D eigenvalue weighted by molar-refractivity contribution is 9.11. The van der Waals surface area contributed by atoms with Gasteiger partial charge in [0.25, 0.3) is 0 Å². The van der Waals surface area contributed by atoms with E-state index in [0.717, 1.165) is 12.1 Å². The molecule has 1 aromatic rings. The molecule has 0 atom stereocenters. The molecule has 0 aliphatic carbocycles. The Balaban J connectivity index is 3.15. The minimum absolute atomic E-state index is 0.244. The minimum Gasteiger partial charge on any atom is -0.406 e. The Morgan fingerprint density at radius 3 is 2.00 bits per heavy atom. The molecule has 0 saturated carbocycles. The quantitative estimate of drug-likeness (QED) is 0.733. The molecule has 0 aliphatic rings. The van der Waals surface area contributed by atoms with Gasteiger partial charge in [-0.1, -0.05) is 0 Å². The molecule has 7 heteroatoms. The van der Waals surface area contributed by atoms with E-state index in [9.17, 15) is 18.0 Å². The molecule has 88 valence electrons. The van der Waals surface area contributed by atoms with Crippen molar-refractivity contribution in [2.45, 2.75) is 13.3 Å². The summed E-state index contributed by atoms with van der Waals surface area (Å²) >= 11 is 6.02. The van der Waals surface area contributed by atoms with Gasteiger partial charge in [-0.05, 0) is 50.9 Å². The first-order valence-electron chi connectivity index (χ1n) is 3.96. The summed E-state index contributed by atoms with van der Waals surface area (Å²) in [5.41, 5.74) is 0.273. The summed E-state index contributed by atoms with van der Waals surface area (Å²) in [5, 5.41) is 0. The second kappa shape index (κ2) is 4.75. The number of ketones is 1. The van der Waals surface area contributed by atoms with Crippen molar-refractivity contribution in [1.82, 2.24) is 0 Å². The van der Waals surface area contributed by atoms with E-state index in [1.54, 1.807) is 0 Å².